The summed E-state index contributed by atoms with van der Waals surface area (Å²) in [6.45, 7) is 3.37. The van der Waals surface area contributed by atoms with Crippen LogP contribution in [0.2, 0.25) is 0 Å². The molecule has 0 spiro atoms. The first-order valence-electron chi connectivity index (χ1n) is 12.5. The third-order valence-electron chi connectivity index (χ3n) is 7.68. The molecule has 0 bridgehead atoms. The molecule has 2 heterocycles. The van der Waals surface area contributed by atoms with Gasteiger partial charge in [0.2, 0.25) is 5.60 Å². The number of esters is 1. The summed E-state index contributed by atoms with van der Waals surface area (Å²) in [5, 5.41) is 18.5. The van der Waals surface area contributed by atoms with Crippen molar-refractivity contribution in [3.05, 3.63) is 44.8 Å². The molecule has 33 heavy (non-hydrogen) atoms. The van der Waals surface area contributed by atoms with Gasteiger partial charge in [-0.2, -0.15) is 0 Å². The highest BCUT2D eigenvalue weighted by Crippen LogP contribution is 2.68. The van der Waals surface area contributed by atoms with E-state index < -0.39 is 11.6 Å². The highest BCUT2D eigenvalue weighted by atomic mass is 32.1. The number of ether oxygens (including phenoxy) is 1. The van der Waals surface area contributed by atoms with Gasteiger partial charge >= 0.3 is 5.97 Å². The number of nitrogens with one attached hydrogen (secondary N) is 2. The lowest BCUT2D eigenvalue weighted by Gasteiger charge is -2.28. The standard InChI is InChI=1S/C26H38N2O3S2/c1-27-15-7-5-3-4-6-8-16-28(2)19-25-14-13-20(25)23(25)31-24(29)26(30,21-11-9-17-32-21)22-12-10-18-33-22/h9-12,17-18,20,23,27,30H,3-8,13-16,19H2,1-2H3/p+1. The Bertz CT molecular complexity index is 836. The van der Waals surface area contributed by atoms with Crippen molar-refractivity contribution in [2.24, 2.45) is 11.3 Å². The number of hydrogen-bond acceptors (Lipinski definition) is 6. The van der Waals surface area contributed by atoms with Gasteiger partial charge in [0.05, 0.1) is 35.3 Å². The predicted octanol–water partition coefficient (Wildman–Crippen LogP) is 3.44. The Morgan fingerprint density at radius 3 is 2.33 bits per heavy atom. The van der Waals surface area contributed by atoms with E-state index in [9.17, 15) is 9.90 Å². The van der Waals surface area contributed by atoms with Gasteiger partial charge in [0.15, 0.2) is 0 Å². The molecular formula is C26H39N2O3S2+. The highest BCUT2D eigenvalue weighted by Gasteiger charge is 2.75. The molecule has 0 saturated heterocycles. The Balaban J connectivity index is 1.26. The van der Waals surface area contributed by atoms with Crippen molar-refractivity contribution in [1.29, 1.82) is 0 Å². The predicted molar refractivity (Wildman–Crippen MR) is 135 cm³/mol. The number of thiophene rings is 2. The van der Waals surface area contributed by atoms with Crippen molar-refractivity contribution in [2.75, 3.05) is 33.7 Å². The minimum atomic E-state index is -1.70. The van der Waals surface area contributed by atoms with E-state index in [1.807, 2.05) is 42.1 Å². The lowest BCUT2D eigenvalue weighted by atomic mass is 9.84. The molecule has 2 aromatic heterocycles. The normalized spacial score (nSPS) is 24.7. The molecule has 7 heteroatoms. The molecule has 4 atom stereocenters. The van der Waals surface area contributed by atoms with Gasteiger partial charge in [0.1, 0.15) is 6.10 Å². The zero-order chi connectivity index (χ0) is 23.3. The first-order chi connectivity index (χ1) is 16.0. The molecule has 3 N–H and O–H groups in total. The summed E-state index contributed by atoms with van der Waals surface area (Å²) < 4.78 is 6.06. The lowest BCUT2D eigenvalue weighted by molar-refractivity contribution is -0.886. The number of quaternary nitrogens is 1. The molecule has 4 rings (SSSR count). The molecular weight excluding hydrogens is 452 g/mol. The second-order valence-electron chi connectivity index (χ2n) is 9.98. The second kappa shape index (κ2) is 11.0. The van der Waals surface area contributed by atoms with Crippen LogP contribution in [0, 0.1) is 11.3 Å². The first-order valence-corrected chi connectivity index (χ1v) is 14.3. The summed E-state index contributed by atoms with van der Waals surface area (Å²) in [5.41, 5.74) is -1.56. The largest absolute Gasteiger partial charge is 0.458 e. The van der Waals surface area contributed by atoms with Gasteiger partial charge < -0.3 is 20.1 Å². The van der Waals surface area contributed by atoms with Crippen molar-refractivity contribution < 1.29 is 19.5 Å². The third-order valence-corrected chi connectivity index (χ3v) is 9.64. The van der Waals surface area contributed by atoms with E-state index in [1.165, 1.54) is 67.7 Å². The zero-order valence-electron chi connectivity index (χ0n) is 20.0. The number of fused-ring (bicyclic) bond motifs is 1. The summed E-state index contributed by atoms with van der Waals surface area (Å²) in [5.74, 6) is -0.0402. The number of rotatable bonds is 15. The van der Waals surface area contributed by atoms with Gasteiger partial charge in [-0.25, -0.2) is 4.79 Å². The maximum atomic E-state index is 13.3. The fourth-order valence-electron chi connectivity index (χ4n) is 5.61. The molecule has 2 saturated carbocycles. The zero-order valence-corrected chi connectivity index (χ0v) is 21.6. The average molecular weight is 492 g/mol. The van der Waals surface area contributed by atoms with Gasteiger partial charge in [-0.15, -0.1) is 22.7 Å². The quantitative estimate of drug-likeness (QED) is 0.264. The van der Waals surface area contributed by atoms with Crippen LogP contribution in [0.1, 0.15) is 61.1 Å². The van der Waals surface area contributed by atoms with E-state index in [4.69, 9.17) is 4.74 Å². The molecule has 2 fully saturated rings. The van der Waals surface area contributed by atoms with Crippen LogP contribution < -0.4 is 10.2 Å². The van der Waals surface area contributed by atoms with Gasteiger partial charge in [-0.1, -0.05) is 31.4 Å². The van der Waals surface area contributed by atoms with Gasteiger partial charge in [0.25, 0.3) is 0 Å². The Morgan fingerprint density at radius 2 is 1.79 bits per heavy atom. The van der Waals surface area contributed by atoms with E-state index >= 15 is 0 Å². The molecule has 4 unspecified atom stereocenters. The number of carbonyl (C=O) groups excluding carboxylic acids is 1. The minimum absolute atomic E-state index is 0.0430. The molecule has 2 aromatic rings. The van der Waals surface area contributed by atoms with E-state index in [0.717, 1.165) is 25.9 Å². The maximum absolute atomic E-state index is 13.3. The molecule has 2 aliphatic carbocycles. The lowest BCUT2D eigenvalue weighted by Crippen LogP contribution is -3.10. The van der Waals surface area contributed by atoms with Crippen LogP contribution in [-0.4, -0.2) is 50.9 Å². The van der Waals surface area contributed by atoms with Crippen molar-refractivity contribution in [2.45, 2.75) is 63.1 Å². The number of unbranched alkanes of at least 4 members (excludes halogenated alkanes) is 5. The topological polar surface area (TPSA) is 63.0 Å². The first kappa shape index (κ1) is 24.9. The van der Waals surface area contributed by atoms with Crippen molar-refractivity contribution in [3.8, 4) is 0 Å². The van der Waals surface area contributed by atoms with E-state index in [0.29, 0.717) is 15.7 Å². The number of carbonyl (C=O) groups is 1. The smallest absolute Gasteiger partial charge is 0.349 e. The van der Waals surface area contributed by atoms with Crippen molar-refractivity contribution >= 4 is 28.6 Å². The molecule has 182 valence electrons. The minimum Gasteiger partial charge on any atom is -0.458 e. The fourth-order valence-corrected chi connectivity index (χ4v) is 7.32. The van der Waals surface area contributed by atoms with Gasteiger partial charge in [-0.3, -0.25) is 0 Å². The summed E-state index contributed by atoms with van der Waals surface area (Å²) in [6.07, 6.45) is 10.1. The highest BCUT2D eigenvalue weighted by molar-refractivity contribution is 7.12. The molecule has 2 aliphatic rings. The monoisotopic (exact) mass is 491 g/mol. The molecule has 5 nitrogen and oxygen atoms in total. The SMILES string of the molecule is CNCCCCCCCC[NH+](C)CC12CCC1C2OC(=O)C(O)(c1cccs1)c1cccs1. The Hall–Kier alpha value is -1.25. The van der Waals surface area contributed by atoms with E-state index in [-0.39, 0.29) is 11.5 Å². The van der Waals surface area contributed by atoms with Crippen molar-refractivity contribution in [3.63, 3.8) is 0 Å². The van der Waals surface area contributed by atoms with Crippen LogP contribution in [0.5, 0.6) is 0 Å². The molecule has 0 aromatic carbocycles. The number of aliphatic hydroxyl groups is 1. The second-order valence-corrected chi connectivity index (χ2v) is 11.9. The van der Waals surface area contributed by atoms with E-state index in [1.54, 1.807) is 4.90 Å². The Labute approximate surface area is 206 Å². The van der Waals surface area contributed by atoms with Crippen molar-refractivity contribution in [1.82, 2.24) is 5.32 Å². The Morgan fingerprint density at radius 1 is 1.15 bits per heavy atom. The van der Waals surface area contributed by atoms with Crippen LogP contribution in [0.25, 0.3) is 0 Å². The van der Waals surface area contributed by atoms with Crippen LogP contribution in [0.3, 0.4) is 0 Å². The number of hydrogen-bond donors (Lipinski definition) is 3. The molecule has 0 radical (unpaired) electrons. The van der Waals surface area contributed by atoms with Gasteiger partial charge in [-0.05, 0) is 68.6 Å². The van der Waals surface area contributed by atoms with Crippen LogP contribution in [-0.2, 0) is 15.1 Å². The van der Waals surface area contributed by atoms with Crippen LogP contribution in [0.15, 0.2) is 35.0 Å². The molecule has 0 aliphatic heterocycles. The fraction of sp³-hybridized carbons (Fsp3) is 0.654. The summed E-state index contributed by atoms with van der Waals surface area (Å²) in [6, 6.07) is 7.38. The average Bonchev–Trinajstić information content (AvgIpc) is 3.38. The van der Waals surface area contributed by atoms with E-state index in [2.05, 4.69) is 12.4 Å². The third kappa shape index (κ3) is 5.22. The van der Waals surface area contributed by atoms with Crippen LogP contribution >= 0.6 is 22.7 Å². The van der Waals surface area contributed by atoms with Gasteiger partial charge in [0, 0.05) is 5.92 Å². The van der Waals surface area contributed by atoms with Crippen LogP contribution in [0.4, 0.5) is 0 Å². The Kier molecular flexibility index (Phi) is 8.28. The summed E-state index contributed by atoms with van der Waals surface area (Å²) >= 11 is 2.80. The summed E-state index contributed by atoms with van der Waals surface area (Å²) in [7, 11) is 4.30. The maximum Gasteiger partial charge on any atom is 0.349 e. The molecule has 0 amide bonds. The summed E-state index contributed by atoms with van der Waals surface area (Å²) in [4.78, 5) is 16.1.